The molecule has 38 heavy (non-hydrogen) atoms. The number of fused-ring (bicyclic) bond motifs is 1. The van der Waals surface area contributed by atoms with Gasteiger partial charge in [0, 0.05) is 37.0 Å². The molecule has 0 saturated carbocycles. The van der Waals surface area contributed by atoms with Crippen LogP contribution >= 0.6 is 11.3 Å². The number of anilines is 2. The molecule has 0 unspecified atom stereocenters. The summed E-state index contributed by atoms with van der Waals surface area (Å²) in [5.41, 5.74) is 8.83. The number of likely N-dealkylation sites (tertiary alicyclic amines) is 2. The van der Waals surface area contributed by atoms with Gasteiger partial charge >= 0.3 is 11.8 Å². The highest BCUT2D eigenvalue weighted by Crippen LogP contribution is 2.39. The van der Waals surface area contributed by atoms with Gasteiger partial charge in [0.1, 0.15) is 0 Å². The quantitative estimate of drug-likeness (QED) is 0.339. The van der Waals surface area contributed by atoms with Crippen molar-refractivity contribution in [3.05, 3.63) is 46.7 Å². The van der Waals surface area contributed by atoms with Gasteiger partial charge in [-0.1, -0.05) is 19.9 Å². The monoisotopic (exact) mass is 533 g/mol. The van der Waals surface area contributed by atoms with Crippen LogP contribution in [0.1, 0.15) is 61.2 Å². The molecule has 0 aliphatic carbocycles. The molecule has 2 saturated heterocycles. The lowest BCUT2D eigenvalue weighted by Crippen LogP contribution is -2.46. The van der Waals surface area contributed by atoms with E-state index in [-0.39, 0.29) is 23.3 Å². The average Bonchev–Trinajstić information content (AvgIpc) is 3.32. The van der Waals surface area contributed by atoms with E-state index in [0.29, 0.717) is 23.9 Å². The smallest absolute Gasteiger partial charge is 0.314 e. The van der Waals surface area contributed by atoms with E-state index in [4.69, 9.17) is 16.1 Å². The molecule has 2 fully saturated rings. The van der Waals surface area contributed by atoms with Crippen LogP contribution in [0.4, 0.5) is 11.4 Å². The van der Waals surface area contributed by atoms with Crippen LogP contribution in [0, 0.1) is 17.2 Å². The van der Waals surface area contributed by atoms with Crippen molar-refractivity contribution in [3.63, 3.8) is 0 Å². The number of nitrogens with one attached hydrogen (secondary N) is 2. The van der Waals surface area contributed by atoms with Crippen LogP contribution in [0.15, 0.2) is 30.6 Å². The summed E-state index contributed by atoms with van der Waals surface area (Å²) in [6.45, 7) is 7.07. The maximum absolute atomic E-state index is 13.4. The Labute approximate surface area is 226 Å². The Morgan fingerprint density at radius 2 is 2.00 bits per heavy atom. The highest BCUT2D eigenvalue weighted by atomic mass is 32.1. The van der Waals surface area contributed by atoms with E-state index in [1.165, 1.54) is 17.4 Å². The molecule has 0 bridgehead atoms. The SMILES string of the molecule is C[C@H]1CC[C@H](c2ccc3sc([C@H]4CCN(C)C[C@H]4C)nc3c2)N(C(=O)C(=O)Nc2cncc(C=N)c2N)C1. The first-order chi connectivity index (χ1) is 18.2. The number of nitrogens with zero attached hydrogens (tertiary/aromatic N) is 4. The van der Waals surface area contributed by atoms with Crippen molar-refractivity contribution in [3.8, 4) is 0 Å². The number of hydrogen-bond donors (Lipinski definition) is 3. The fraction of sp³-hybridized carbons (Fsp3) is 0.464. The van der Waals surface area contributed by atoms with E-state index in [9.17, 15) is 9.59 Å². The molecule has 0 spiro atoms. The number of hydrogen-bond acceptors (Lipinski definition) is 8. The summed E-state index contributed by atoms with van der Waals surface area (Å²) < 4.78 is 1.16. The van der Waals surface area contributed by atoms with Gasteiger partial charge in [0.2, 0.25) is 0 Å². The van der Waals surface area contributed by atoms with E-state index in [1.54, 1.807) is 16.2 Å². The van der Waals surface area contributed by atoms with Crippen LogP contribution in [0.5, 0.6) is 0 Å². The number of benzene rings is 1. The third kappa shape index (κ3) is 5.15. The first-order valence-electron chi connectivity index (χ1n) is 13.2. The largest absolute Gasteiger partial charge is 0.396 e. The van der Waals surface area contributed by atoms with E-state index >= 15 is 0 Å². The third-order valence-corrected chi connectivity index (χ3v) is 9.10. The Morgan fingerprint density at radius 3 is 2.76 bits per heavy atom. The number of piperidine rings is 2. The zero-order valence-electron chi connectivity index (χ0n) is 22.1. The summed E-state index contributed by atoms with van der Waals surface area (Å²) >= 11 is 1.77. The maximum atomic E-state index is 13.4. The number of pyridine rings is 1. The van der Waals surface area contributed by atoms with Crippen molar-refractivity contribution in [2.45, 2.75) is 45.1 Å². The van der Waals surface area contributed by atoms with Crippen molar-refractivity contribution in [2.75, 3.05) is 37.7 Å². The molecule has 2 aliphatic rings. The molecule has 2 aliphatic heterocycles. The number of carbonyl (C=O) groups excluding carboxylic acids is 2. The van der Waals surface area contributed by atoms with E-state index in [1.807, 2.05) is 0 Å². The minimum atomic E-state index is -0.756. The number of nitrogens with two attached hydrogens (primary N) is 1. The Bertz CT molecular complexity index is 1370. The van der Waals surface area contributed by atoms with Gasteiger partial charge in [0.25, 0.3) is 0 Å². The fourth-order valence-electron chi connectivity index (χ4n) is 5.78. The summed E-state index contributed by atoms with van der Waals surface area (Å²) in [6.07, 6.45) is 6.77. The molecule has 10 heteroatoms. The Kier molecular flexibility index (Phi) is 7.45. The molecular weight excluding hydrogens is 498 g/mol. The molecular formula is C28H35N7O2S. The second-order valence-corrected chi connectivity index (χ2v) is 11.9. The molecule has 200 valence electrons. The number of amides is 2. The zero-order chi connectivity index (χ0) is 27.0. The average molecular weight is 534 g/mol. The predicted octanol–water partition coefficient (Wildman–Crippen LogP) is 4.26. The van der Waals surface area contributed by atoms with Gasteiger partial charge in [-0.3, -0.25) is 14.6 Å². The van der Waals surface area contributed by atoms with Crippen LogP contribution < -0.4 is 11.1 Å². The van der Waals surface area contributed by atoms with Gasteiger partial charge in [-0.2, -0.15) is 0 Å². The van der Waals surface area contributed by atoms with Crippen molar-refractivity contribution in [1.29, 1.82) is 5.41 Å². The highest BCUT2D eigenvalue weighted by Gasteiger charge is 2.35. The van der Waals surface area contributed by atoms with Crippen molar-refractivity contribution < 1.29 is 9.59 Å². The normalized spacial score (nSPS) is 24.3. The predicted molar refractivity (Wildman–Crippen MR) is 152 cm³/mol. The topological polar surface area (TPSA) is 128 Å². The molecule has 2 aromatic heterocycles. The van der Waals surface area contributed by atoms with E-state index < -0.39 is 11.8 Å². The second kappa shape index (κ2) is 10.8. The number of rotatable bonds is 4. The van der Waals surface area contributed by atoms with E-state index in [0.717, 1.165) is 54.3 Å². The van der Waals surface area contributed by atoms with Gasteiger partial charge in [-0.25, -0.2) is 4.98 Å². The van der Waals surface area contributed by atoms with Crippen molar-refractivity contribution in [2.24, 2.45) is 11.8 Å². The van der Waals surface area contributed by atoms with Crippen molar-refractivity contribution in [1.82, 2.24) is 19.8 Å². The van der Waals surface area contributed by atoms with Crippen LogP contribution in [-0.2, 0) is 9.59 Å². The molecule has 5 rings (SSSR count). The van der Waals surface area contributed by atoms with Gasteiger partial charge in [-0.05, 0) is 62.4 Å². The van der Waals surface area contributed by atoms with Crippen molar-refractivity contribution >= 4 is 51.0 Å². The summed E-state index contributed by atoms with van der Waals surface area (Å²) in [7, 11) is 2.18. The lowest BCUT2D eigenvalue weighted by molar-refractivity contribution is -0.146. The number of aromatic nitrogens is 2. The van der Waals surface area contributed by atoms with E-state index in [2.05, 4.69) is 54.3 Å². The minimum absolute atomic E-state index is 0.204. The second-order valence-electron chi connectivity index (χ2n) is 10.9. The first-order valence-corrected chi connectivity index (χ1v) is 14.0. The zero-order valence-corrected chi connectivity index (χ0v) is 22.9. The standard InChI is InChI=1S/C28H35N7O2S/c1-16-4-6-23(35(14-16)28(37)26(36)32-22-13-31-12-19(11-29)25(22)30)18-5-7-24-21(10-18)33-27(38-24)20-8-9-34(3)15-17(20)2/h5,7,10-13,16-17,20,23,29H,4,6,8-9,14-15H2,1-3H3,(H2,30,31)(H,32,36)/t16-,17+,20-,23+/m0/s1. The highest BCUT2D eigenvalue weighted by molar-refractivity contribution is 7.18. The van der Waals surface area contributed by atoms with Crippen LogP contribution in [0.25, 0.3) is 10.2 Å². The molecule has 4 N–H and O–H groups in total. The molecule has 4 atom stereocenters. The molecule has 0 radical (unpaired) electrons. The lowest BCUT2D eigenvalue weighted by atomic mass is 9.87. The summed E-state index contributed by atoms with van der Waals surface area (Å²) in [5, 5.41) is 11.3. The molecule has 4 heterocycles. The third-order valence-electron chi connectivity index (χ3n) is 7.93. The molecule has 2 amide bonds. The fourth-order valence-corrected chi connectivity index (χ4v) is 7.00. The summed E-state index contributed by atoms with van der Waals surface area (Å²) in [5.74, 6) is -0.0356. The van der Waals surface area contributed by atoms with Crippen LogP contribution in [0.3, 0.4) is 0 Å². The van der Waals surface area contributed by atoms with Gasteiger partial charge < -0.3 is 26.3 Å². The van der Waals surface area contributed by atoms with Crippen LogP contribution in [0.2, 0.25) is 0 Å². The van der Waals surface area contributed by atoms with Gasteiger partial charge in [0.15, 0.2) is 0 Å². The summed E-state index contributed by atoms with van der Waals surface area (Å²) in [4.78, 5) is 39.6. The van der Waals surface area contributed by atoms with Gasteiger partial charge in [0.05, 0.1) is 38.8 Å². The Balaban J connectivity index is 1.38. The molecule has 1 aromatic carbocycles. The van der Waals surface area contributed by atoms with Crippen LogP contribution in [-0.4, -0.2) is 64.5 Å². The Morgan fingerprint density at radius 1 is 1.18 bits per heavy atom. The molecule has 9 nitrogen and oxygen atoms in total. The summed E-state index contributed by atoms with van der Waals surface area (Å²) in [6, 6.07) is 6.09. The molecule has 3 aromatic rings. The Hall–Kier alpha value is -3.37. The number of nitrogen functional groups attached to an aromatic ring is 1. The number of carbonyl (C=O) groups is 2. The first kappa shape index (κ1) is 26.2. The number of thiazole rings is 1. The minimum Gasteiger partial charge on any atom is -0.396 e. The lowest BCUT2D eigenvalue weighted by Gasteiger charge is -2.38. The maximum Gasteiger partial charge on any atom is 0.314 e. The van der Waals surface area contributed by atoms with Gasteiger partial charge in [-0.15, -0.1) is 11.3 Å².